The third-order valence-electron chi connectivity index (χ3n) is 1.02. The molecule has 0 aromatic carbocycles. The summed E-state index contributed by atoms with van der Waals surface area (Å²) in [6, 6.07) is 0.459. The van der Waals surface area contributed by atoms with Crippen molar-refractivity contribution in [2.24, 2.45) is 15.7 Å². The summed E-state index contributed by atoms with van der Waals surface area (Å²) in [5, 5.41) is 0. The lowest BCUT2D eigenvalue weighted by Gasteiger charge is -1.85. The second-order valence-electron chi connectivity index (χ2n) is 1.88. The van der Waals surface area contributed by atoms with Crippen LogP contribution in [0.1, 0.15) is 12.8 Å². The van der Waals surface area contributed by atoms with Crippen molar-refractivity contribution in [1.82, 2.24) is 0 Å². The van der Waals surface area contributed by atoms with E-state index < -0.39 is 0 Å². The Hall–Kier alpha value is -0.860. The maximum Gasteiger partial charge on any atom is 0.214 e. The molecule has 1 fully saturated rings. The van der Waals surface area contributed by atoms with Gasteiger partial charge in [-0.05, 0) is 19.6 Å². The lowest BCUT2D eigenvalue weighted by Crippen LogP contribution is -2.07. The molecule has 0 unspecified atom stereocenters. The first kappa shape index (κ1) is 5.28. The van der Waals surface area contributed by atoms with Crippen LogP contribution in [-0.2, 0) is 0 Å². The third kappa shape index (κ3) is 1.33. The maximum absolute atomic E-state index is 5.23. The molecule has 0 bridgehead atoms. The summed E-state index contributed by atoms with van der Waals surface area (Å²) in [5.41, 5.74) is 5.23. The summed E-state index contributed by atoms with van der Waals surface area (Å²) in [6.45, 7) is 3.24. The van der Waals surface area contributed by atoms with Crippen LogP contribution in [0.4, 0.5) is 0 Å². The van der Waals surface area contributed by atoms with Crippen molar-refractivity contribution in [3.05, 3.63) is 0 Å². The minimum atomic E-state index is 0.326. The van der Waals surface area contributed by atoms with Crippen molar-refractivity contribution in [3.63, 3.8) is 0 Å². The molecule has 0 heterocycles. The Morgan fingerprint density at radius 2 is 2.25 bits per heavy atom. The predicted molar refractivity (Wildman–Crippen MR) is 34.2 cm³/mol. The van der Waals surface area contributed by atoms with E-state index in [1.165, 1.54) is 0 Å². The Kier molecular flexibility index (Phi) is 1.28. The molecule has 3 nitrogen and oxygen atoms in total. The fourth-order valence-corrected chi connectivity index (χ4v) is 0.432. The molecule has 2 N–H and O–H groups in total. The molecule has 1 aliphatic rings. The zero-order valence-electron chi connectivity index (χ0n) is 4.67. The van der Waals surface area contributed by atoms with Gasteiger partial charge in [-0.2, -0.15) is 0 Å². The smallest absolute Gasteiger partial charge is 0.214 e. The van der Waals surface area contributed by atoms with Gasteiger partial charge in [0.1, 0.15) is 0 Å². The third-order valence-corrected chi connectivity index (χ3v) is 1.02. The zero-order chi connectivity index (χ0) is 5.98. The molecule has 0 radical (unpaired) electrons. The van der Waals surface area contributed by atoms with Gasteiger partial charge in [0.05, 0.1) is 6.04 Å². The van der Waals surface area contributed by atoms with Gasteiger partial charge in [0.15, 0.2) is 0 Å². The molecule has 1 rings (SSSR count). The van der Waals surface area contributed by atoms with E-state index in [0.717, 1.165) is 12.8 Å². The average molecular weight is 111 g/mol. The van der Waals surface area contributed by atoms with E-state index >= 15 is 0 Å². The number of aliphatic imine (C=N–C) groups is 2. The lowest BCUT2D eigenvalue weighted by atomic mass is 10.7. The second kappa shape index (κ2) is 1.94. The highest BCUT2D eigenvalue weighted by atomic mass is 15.0. The average Bonchev–Trinajstić information content (AvgIpc) is 2.50. The first-order chi connectivity index (χ1) is 3.83. The molecule has 8 heavy (non-hydrogen) atoms. The van der Waals surface area contributed by atoms with Crippen LogP contribution in [0.5, 0.6) is 0 Å². The summed E-state index contributed by atoms with van der Waals surface area (Å²) in [6.07, 6.45) is 2.33. The summed E-state index contributed by atoms with van der Waals surface area (Å²) in [4.78, 5) is 7.42. The van der Waals surface area contributed by atoms with Gasteiger partial charge in [-0.25, -0.2) is 9.98 Å². The minimum absolute atomic E-state index is 0.326. The maximum atomic E-state index is 5.23. The van der Waals surface area contributed by atoms with Crippen molar-refractivity contribution in [2.75, 3.05) is 0 Å². The molecule has 0 aromatic rings. The number of hydrogen-bond donors (Lipinski definition) is 1. The number of hydrogen-bond acceptors (Lipinski definition) is 1. The van der Waals surface area contributed by atoms with Gasteiger partial charge >= 0.3 is 0 Å². The highest BCUT2D eigenvalue weighted by Gasteiger charge is 2.19. The van der Waals surface area contributed by atoms with Crippen molar-refractivity contribution in [2.45, 2.75) is 18.9 Å². The Bertz CT molecular complexity index is 124. The standard InChI is InChI=1S/C5H9N3/c1-7-5(6)8-4-2-3-4/h4H,1-3H2,(H2,6,8). The van der Waals surface area contributed by atoms with Gasteiger partial charge in [-0.3, -0.25) is 0 Å². The van der Waals surface area contributed by atoms with Gasteiger partial charge in [0, 0.05) is 0 Å². The fraction of sp³-hybridized carbons (Fsp3) is 0.600. The van der Waals surface area contributed by atoms with Crippen LogP contribution in [0.25, 0.3) is 0 Å². The first-order valence-corrected chi connectivity index (χ1v) is 2.63. The van der Waals surface area contributed by atoms with Crippen LogP contribution in [0.2, 0.25) is 0 Å². The molecule has 44 valence electrons. The fourth-order valence-electron chi connectivity index (χ4n) is 0.432. The van der Waals surface area contributed by atoms with E-state index in [-0.39, 0.29) is 0 Å². The van der Waals surface area contributed by atoms with Gasteiger partial charge in [-0.1, -0.05) is 0 Å². The van der Waals surface area contributed by atoms with Crippen LogP contribution >= 0.6 is 0 Å². The van der Waals surface area contributed by atoms with Crippen LogP contribution in [-0.4, -0.2) is 18.7 Å². The van der Waals surface area contributed by atoms with Crippen molar-refractivity contribution in [3.8, 4) is 0 Å². The molecule has 0 saturated heterocycles. The number of rotatable bonds is 1. The lowest BCUT2D eigenvalue weighted by molar-refractivity contribution is 1.05. The molecule has 3 heteroatoms. The summed E-state index contributed by atoms with van der Waals surface area (Å²) in [7, 11) is 0. The molecule has 0 aromatic heterocycles. The van der Waals surface area contributed by atoms with Crippen molar-refractivity contribution >= 4 is 12.7 Å². The second-order valence-corrected chi connectivity index (χ2v) is 1.88. The van der Waals surface area contributed by atoms with Crippen LogP contribution < -0.4 is 5.73 Å². The van der Waals surface area contributed by atoms with E-state index in [2.05, 4.69) is 16.7 Å². The predicted octanol–water partition coefficient (Wildman–Crippen LogP) is 0.164. The van der Waals surface area contributed by atoms with Gasteiger partial charge < -0.3 is 5.73 Å². The number of nitrogens with zero attached hydrogens (tertiary/aromatic N) is 2. The van der Waals surface area contributed by atoms with E-state index in [4.69, 9.17) is 5.73 Å². The number of guanidine groups is 1. The summed E-state index contributed by atoms with van der Waals surface area (Å²) < 4.78 is 0. The number of nitrogens with two attached hydrogens (primary N) is 1. The highest BCUT2D eigenvalue weighted by molar-refractivity contribution is 5.82. The molecular weight excluding hydrogens is 102 g/mol. The minimum Gasteiger partial charge on any atom is -0.368 e. The van der Waals surface area contributed by atoms with Crippen molar-refractivity contribution in [1.29, 1.82) is 0 Å². The van der Waals surface area contributed by atoms with Gasteiger partial charge in [0.2, 0.25) is 5.96 Å². The van der Waals surface area contributed by atoms with E-state index in [0.29, 0.717) is 12.0 Å². The molecular formula is C5H9N3. The van der Waals surface area contributed by atoms with E-state index in [9.17, 15) is 0 Å². The van der Waals surface area contributed by atoms with Crippen molar-refractivity contribution < 1.29 is 0 Å². The Morgan fingerprint density at radius 1 is 1.62 bits per heavy atom. The monoisotopic (exact) mass is 111 g/mol. The van der Waals surface area contributed by atoms with Crippen LogP contribution in [0.15, 0.2) is 9.98 Å². The summed E-state index contributed by atoms with van der Waals surface area (Å²) >= 11 is 0. The molecule has 1 saturated carbocycles. The highest BCUT2D eigenvalue weighted by Crippen LogP contribution is 2.23. The SMILES string of the molecule is C=NC(N)=NC1CC1. The van der Waals surface area contributed by atoms with E-state index in [1.54, 1.807) is 0 Å². The zero-order valence-corrected chi connectivity index (χ0v) is 4.67. The molecule has 0 aliphatic heterocycles. The largest absolute Gasteiger partial charge is 0.368 e. The topological polar surface area (TPSA) is 50.7 Å². The quantitative estimate of drug-likeness (QED) is 0.380. The molecule has 0 amide bonds. The normalized spacial score (nSPS) is 20.8. The Balaban J connectivity index is 2.38. The summed E-state index contributed by atoms with van der Waals surface area (Å²) in [5.74, 6) is 0.326. The van der Waals surface area contributed by atoms with Gasteiger partial charge in [-0.15, -0.1) is 0 Å². The Morgan fingerprint density at radius 3 is 2.62 bits per heavy atom. The first-order valence-electron chi connectivity index (χ1n) is 2.63. The molecule has 0 atom stereocenters. The van der Waals surface area contributed by atoms with E-state index in [1.807, 2.05) is 0 Å². The molecule has 0 spiro atoms. The van der Waals surface area contributed by atoms with Crippen LogP contribution in [0.3, 0.4) is 0 Å². The van der Waals surface area contributed by atoms with Crippen LogP contribution in [0, 0.1) is 0 Å². The van der Waals surface area contributed by atoms with Gasteiger partial charge in [0.25, 0.3) is 0 Å². The Labute approximate surface area is 48.3 Å². The molecule has 1 aliphatic carbocycles.